The summed E-state index contributed by atoms with van der Waals surface area (Å²) >= 11 is 0. The molecular weight excluding hydrogens is 606 g/mol. The van der Waals surface area contributed by atoms with Gasteiger partial charge in [0.1, 0.15) is 12.6 Å². The fourth-order valence-corrected chi connectivity index (χ4v) is 4.78. The van der Waals surface area contributed by atoms with Crippen LogP contribution in [-0.4, -0.2) is 75.5 Å². The van der Waals surface area contributed by atoms with Gasteiger partial charge < -0.3 is 28.6 Å². The molecule has 274 valence electrons. The maximum atomic E-state index is 12.5. The Morgan fingerprint density at radius 1 is 0.646 bits per heavy atom. The number of rotatable bonds is 31. The van der Waals surface area contributed by atoms with Crippen molar-refractivity contribution in [3.63, 3.8) is 0 Å². The van der Waals surface area contributed by atoms with Crippen molar-refractivity contribution in [1.82, 2.24) is 0 Å². The van der Waals surface area contributed by atoms with Crippen LogP contribution in [0.3, 0.4) is 0 Å². The van der Waals surface area contributed by atoms with Gasteiger partial charge in [0, 0.05) is 19.3 Å². The molecule has 0 spiro atoms. The summed E-state index contributed by atoms with van der Waals surface area (Å²) in [4.78, 5) is 36.5. The fourth-order valence-electron chi connectivity index (χ4n) is 4.78. The van der Waals surface area contributed by atoms with Crippen LogP contribution in [0.5, 0.6) is 0 Å². The number of quaternary nitrogens is 1. The summed E-state index contributed by atoms with van der Waals surface area (Å²) < 4.78 is 16.9. The lowest BCUT2D eigenvalue weighted by Gasteiger charge is -2.34. The highest BCUT2D eigenvalue weighted by molar-refractivity contribution is 5.70. The first-order valence-corrected chi connectivity index (χ1v) is 18.3. The number of aliphatic carboxylic acids is 1. The number of carboxylic acids is 1. The maximum Gasteiger partial charge on any atom is 0.306 e. The molecule has 0 fully saturated rings. The predicted molar refractivity (Wildman–Crippen MR) is 194 cm³/mol. The molecule has 8 heteroatoms. The number of carboxylic acid groups (broad SMARTS) is 1. The Morgan fingerprint density at radius 3 is 1.79 bits per heavy atom. The van der Waals surface area contributed by atoms with Crippen LogP contribution in [0.15, 0.2) is 60.8 Å². The molecule has 0 saturated carbocycles. The highest BCUT2D eigenvalue weighted by Crippen LogP contribution is 2.10. The Balaban J connectivity index is 4.49. The van der Waals surface area contributed by atoms with Gasteiger partial charge in [-0.15, -0.1) is 0 Å². The molecule has 0 saturated heterocycles. The molecule has 2 atom stereocenters. The predicted octanol–water partition coefficient (Wildman–Crippen LogP) is 7.74. The second-order valence-electron chi connectivity index (χ2n) is 13.1. The molecule has 0 radical (unpaired) electrons. The molecule has 8 nitrogen and oxygen atoms in total. The number of allylic oxidation sites excluding steroid dienone is 10. The number of carbonyl (C=O) groups is 3. The lowest BCUT2D eigenvalue weighted by Crippen LogP contribution is -2.55. The van der Waals surface area contributed by atoms with Gasteiger partial charge in [-0.2, -0.15) is 0 Å². The summed E-state index contributed by atoms with van der Waals surface area (Å²) in [5.74, 6) is -1.86. The molecular formula is C40H67NO7. The van der Waals surface area contributed by atoms with E-state index in [1.807, 2.05) is 6.08 Å². The Hall–Kier alpha value is -2.97. The van der Waals surface area contributed by atoms with Crippen molar-refractivity contribution in [2.24, 2.45) is 0 Å². The number of nitrogens with zero attached hydrogens (tertiary/aromatic N) is 1. The Morgan fingerprint density at radius 2 is 1.21 bits per heavy atom. The topological polar surface area (TPSA) is 102 Å². The lowest BCUT2D eigenvalue weighted by molar-refractivity contribution is -0.889. The Kier molecular flexibility index (Phi) is 29.4. The van der Waals surface area contributed by atoms with E-state index in [0.717, 1.165) is 64.2 Å². The second kappa shape index (κ2) is 31.3. The molecule has 2 unspecified atom stereocenters. The quantitative estimate of drug-likeness (QED) is 0.0321. The molecule has 0 aromatic heterocycles. The number of hydrogen-bond acceptors (Lipinski definition) is 7. The van der Waals surface area contributed by atoms with Crippen molar-refractivity contribution >= 4 is 17.9 Å². The standard InChI is InChI=1S/C40H67NO7/c1-6-8-10-12-14-16-17-18-19-20-21-22-23-25-26-28-30-38(42)47-35-36(34-46-33-32-37(40(44)45)41(3,4)5)48-39(43)31-29-27-24-15-13-11-9-7-2/h8,10,14,16,18-19,21-22,24,27,36-37H,6-7,9,11-13,15,17,20,23,25-26,28-35H2,1-5H3/b10-8+,16-14+,19-18+,22-21+,27-24+. The molecule has 0 amide bonds. The molecule has 0 aromatic carbocycles. The van der Waals surface area contributed by atoms with Gasteiger partial charge in [0.05, 0.1) is 40.3 Å². The molecule has 0 N–H and O–H groups in total. The minimum atomic E-state index is -1.14. The van der Waals surface area contributed by atoms with Crippen LogP contribution in [0, 0.1) is 0 Å². The number of unbranched alkanes of at least 4 members (excludes halogenated alkanes) is 7. The van der Waals surface area contributed by atoms with Crippen LogP contribution in [0.4, 0.5) is 0 Å². The van der Waals surface area contributed by atoms with E-state index in [1.165, 1.54) is 19.3 Å². The largest absolute Gasteiger partial charge is 0.544 e. The van der Waals surface area contributed by atoms with Crippen LogP contribution in [0.1, 0.15) is 123 Å². The lowest BCUT2D eigenvalue weighted by atomic mass is 10.1. The molecule has 0 aliphatic heterocycles. The van der Waals surface area contributed by atoms with Gasteiger partial charge in [0.15, 0.2) is 6.10 Å². The number of likely N-dealkylation sites (N-methyl/N-ethyl adjacent to an activating group) is 1. The molecule has 0 aliphatic carbocycles. The van der Waals surface area contributed by atoms with Gasteiger partial charge >= 0.3 is 11.9 Å². The van der Waals surface area contributed by atoms with E-state index < -0.39 is 18.1 Å². The zero-order valence-electron chi connectivity index (χ0n) is 30.9. The van der Waals surface area contributed by atoms with Crippen LogP contribution in [-0.2, 0) is 28.6 Å². The average molecular weight is 674 g/mol. The van der Waals surface area contributed by atoms with E-state index in [4.69, 9.17) is 14.2 Å². The van der Waals surface area contributed by atoms with Gasteiger partial charge in [-0.05, 0) is 64.2 Å². The first-order chi connectivity index (χ1) is 23.1. The molecule has 48 heavy (non-hydrogen) atoms. The summed E-state index contributed by atoms with van der Waals surface area (Å²) in [5, 5.41) is 11.5. The highest BCUT2D eigenvalue weighted by atomic mass is 16.6. The number of ether oxygens (including phenoxy) is 3. The fraction of sp³-hybridized carbons (Fsp3) is 0.675. The first-order valence-electron chi connectivity index (χ1n) is 18.3. The van der Waals surface area contributed by atoms with Gasteiger partial charge in [-0.1, -0.05) is 100 Å². The highest BCUT2D eigenvalue weighted by Gasteiger charge is 2.25. The third kappa shape index (κ3) is 29.2. The van der Waals surface area contributed by atoms with E-state index in [-0.39, 0.29) is 49.1 Å². The summed E-state index contributed by atoms with van der Waals surface area (Å²) in [6.07, 6.45) is 35.6. The molecule has 0 aromatic rings. The number of carbonyl (C=O) groups excluding carboxylic acids is 3. The average Bonchev–Trinajstić information content (AvgIpc) is 3.03. The van der Waals surface area contributed by atoms with E-state index in [2.05, 4.69) is 68.5 Å². The number of hydrogen-bond donors (Lipinski definition) is 0. The van der Waals surface area contributed by atoms with Crippen LogP contribution < -0.4 is 5.11 Å². The monoisotopic (exact) mass is 673 g/mol. The van der Waals surface area contributed by atoms with Gasteiger partial charge in [0.25, 0.3) is 0 Å². The SMILES string of the molecule is CC/C=C/C/C=C/C/C=C/C/C=C/CCCCCC(=O)OCC(COCCC(C(=O)[O-])[N+](C)(C)C)OC(=O)CC/C=C/CCCCCC. The van der Waals surface area contributed by atoms with E-state index >= 15 is 0 Å². The Labute approximate surface area is 292 Å². The van der Waals surface area contributed by atoms with Crippen molar-refractivity contribution in [2.45, 2.75) is 135 Å². The second-order valence-corrected chi connectivity index (χ2v) is 13.1. The molecule has 0 heterocycles. The summed E-state index contributed by atoms with van der Waals surface area (Å²) in [7, 11) is 5.36. The summed E-state index contributed by atoms with van der Waals surface area (Å²) in [6, 6.07) is -0.736. The summed E-state index contributed by atoms with van der Waals surface area (Å²) in [5.41, 5.74) is 0. The molecule has 0 rings (SSSR count). The van der Waals surface area contributed by atoms with Crippen molar-refractivity contribution in [3.8, 4) is 0 Å². The molecule has 0 aliphatic rings. The van der Waals surface area contributed by atoms with E-state index in [0.29, 0.717) is 12.8 Å². The van der Waals surface area contributed by atoms with Gasteiger partial charge in [-0.25, -0.2) is 0 Å². The first kappa shape index (κ1) is 45.0. The van der Waals surface area contributed by atoms with Crippen molar-refractivity contribution < 1.29 is 38.2 Å². The number of esters is 2. The minimum Gasteiger partial charge on any atom is -0.544 e. The maximum absolute atomic E-state index is 12.5. The third-order valence-corrected chi connectivity index (χ3v) is 7.65. The summed E-state index contributed by atoms with van der Waals surface area (Å²) in [6.45, 7) is 4.39. The van der Waals surface area contributed by atoms with Crippen LogP contribution in [0.2, 0.25) is 0 Å². The van der Waals surface area contributed by atoms with Crippen LogP contribution >= 0.6 is 0 Å². The minimum absolute atomic E-state index is 0.0120. The third-order valence-electron chi connectivity index (χ3n) is 7.65. The van der Waals surface area contributed by atoms with E-state index in [1.54, 1.807) is 21.1 Å². The van der Waals surface area contributed by atoms with Gasteiger partial charge in [0.2, 0.25) is 0 Å². The van der Waals surface area contributed by atoms with Crippen LogP contribution in [0.25, 0.3) is 0 Å². The molecule has 0 bridgehead atoms. The van der Waals surface area contributed by atoms with Crippen molar-refractivity contribution in [1.29, 1.82) is 0 Å². The zero-order chi connectivity index (χ0) is 35.7. The smallest absolute Gasteiger partial charge is 0.306 e. The van der Waals surface area contributed by atoms with Crippen molar-refractivity contribution in [2.75, 3.05) is 41.0 Å². The van der Waals surface area contributed by atoms with Crippen molar-refractivity contribution in [3.05, 3.63) is 60.8 Å². The zero-order valence-corrected chi connectivity index (χ0v) is 30.9. The van der Waals surface area contributed by atoms with Gasteiger partial charge in [-0.3, -0.25) is 9.59 Å². The Bertz CT molecular complexity index is 975. The normalized spacial score (nSPS) is 13.8. The van der Waals surface area contributed by atoms with E-state index in [9.17, 15) is 19.5 Å².